The summed E-state index contributed by atoms with van der Waals surface area (Å²) in [5.74, 6) is 0.885. The number of hydrogen-bond acceptors (Lipinski definition) is 2. The van der Waals surface area contributed by atoms with Crippen molar-refractivity contribution >= 4 is 0 Å². The minimum atomic E-state index is 0.551. The third kappa shape index (κ3) is 1.99. The van der Waals surface area contributed by atoms with Crippen LogP contribution in [0.5, 0.6) is 0 Å². The maximum Gasteiger partial charge on any atom is 0.0828 e. The summed E-state index contributed by atoms with van der Waals surface area (Å²) in [7, 11) is 2.15. The Morgan fingerprint density at radius 3 is 2.50 bits per heavy atom. The van der Waals surface area contributed by atoms with Gasteiger partial charge in [0.05, 0.1) is 6.10 Å². The summed E-state index contributed by atoms with van der Waals surface area (Å²) < 4.78 is 5.79. The van der Waals surface area contributed by atoms with Crippen molar-refractivity contribution in [1.82, 2.24) is 4.90 Å². The Kier molecular flexibility index (Phi) is 2.66. The molecular weight excluding hydrogens is 150 g/mol. The molecule has 0 unspecified atom stereocenters. The van der Waals surface area contributed by atoms with Crippen molar-refractivity contribution in [2.24, 2.45) is 5.92 Å². The summed E-state index contributed by atoms with van der Waals surface area (Å²) >= 11 is 0. The zero-order chi connectivity index (χ0) is 8.39. The number of likely N-dealkylation sites (tertiary alicyclic amines) is 1. The fourth-order valence-corrected chi connectivity index (χ4v) is 2.20. The maximum atomic E-state index is 5.79. The van der Waals surface area contributed by atoms with Crippen molar-refractivity contribution in [3.8, 4) is 0 Å². The van der Waals surface area contributed by atoms with Crippen LogP contribution < -0.4 is 0 Å². The molecule has 0 amide bonds. The molecular formula is C10H19NO. The number of rotatable bonds is 3. The van der Waals surface area contributed by atoms with E-state index >= 15 is 0 Å². The lowest BCUT2D eigenvalue weighted by atomic mass is 10.1. The molecule has 0 atom stereocenters. The van der Waals surface area contributed by atoms with E-state index in [9.17, 15) is 0 Å². The van der Waals surface area contributed by atoms with Gasteiger partial charge >= 0.3 is 0 Å². The zero-order valence-electron chi connectivity index (χ0n) is 7.96. The second-order valence-corrected chi connectivity index (χ2v) is 4.33. The van der Waals surface area contributed by atoms with Gasteiger partial charge in [-0.3, -0.25) is 0 Å². The van der Waals surface area contributed by atoms with E-state index in [0.29, 0.717) is 6.10 Å². The van der Waals surface area contributed by atoms with Gasteiger partial charge in [0.2, 0.25) is 0 Å². The lowest BCUT2D eigenvalue weighted by Gasteiger charge is -2.36. The highest BCUT2D eigenvalue weighted by Crippen LogP contribution is 2.25. The molecule has 1 heterocycles. The molecule has 0 N–H and O–H groups in total. The van der Waals surface area contributed by atoms with Crippen LogP contribution in [0.15, 0.2) is 0 Å². The molecule has 70 valence electrons. The minimum Gasteiger partial charge on any atom is -0.375 e. The summed E-state index contributed by atoms with van der Waals surface area (Å²) in [5.41, 5.74) is 0. The molecule has 1 aliphatic carbocycles. The normalized spacial score (nSPS) is 27.8. The van der Waals surface area contributed by atoms with Crippen LogP contribution in [-0.4, -0.2) is 37.7 Å². The van der Waals surface area contributed by atoms with Gasteiger partial charge in [-0.2, -0.15) is 0 Å². The van der Waals surface area contributed by atoms with E-state index in [0.717, 1.165) is 25.6 Å². The summed E-state index contributed by atoms with van der Waals surface area (Å²) in [6.07, 6.45) is 6.22. The van der Waals surface area contributed by atoms with E-state index in [-0.39, 0.29) is 0 Å². The predicted octanol–water partition coefficient (Wildman–Crippen LogP) is 1.51. The molecule has 0 spiro atoms. The van der Waals surface area contributed by atoms with Gasteiger partial charge < -0.3 is 9.64 Å². The van der Waals surface area contributed by atoms with Crippen LogP contribution >= 0.6 is 0 Å². The van der Waals surface area contributed by atoms with E-state index in [1.54, 1.807) is 0 Å². The summed E-state index contributed by atoms with van der Waals surface area (Å²) in [4.78, 5) is 2.30. The molecule has 0 aromatic heterocycles. The second-order valence-electron chi connectivity index (χ2n) is 4.33. The van der Waals surface area contributed by atoms with Gasteiger partial charge in [0.15, 0.2) is 0 Å². The molecule has 2 nitrogen and oxygen atoms in total. The highest BCUT2D eigenvalue weighted by atomic mass is 16.5. The lowest BCUT2D eigenvalue weighted by Crippen LogP contribution is -2.50. The number of likely N-dealkylation sites (N-methyl/N-ethyl adjacent to an activating group) is 1. The van der Waals surface area contributed by atoms with Gasteiger partial charge in [-0.15, -0.1) is 0 Å². The fourth-order valence-electron chi connectivity index (χ4n) is 2.20. The van der Waals surface area contributed by atoms with Crippen molar-refractivity contribution in [3.05, 3.63) is 0 Å². The van der Waals surface area contributed by atoms with E-state index in [1.807, 2.05) is 0 Å². The SMILES string of the molecule is CN1CC(OCC2CCCC2)C1. The van der Waals surface area contributed by atoms with Gasteiger partial charge in [-0.25, -0.2) is 0 Å². The van der Waals surface area contributed by atoms with Crippen molar-refractivity contribution in [2.45, 2.75) is 31.8 Å². The number of ether oxygens (including phenoxy) is 1. The Labute approximate surface area is 74.9 Å². The monoisotopic (exact) mass is 169 g/mol. The molecule has 12 heavy (non-hydrogen) atoms. The average molecular weight is 169 g/mol. The average Bonchev–Trinajstić information content (AvgIpc) is 2.47. The first kappa shape index (κ1) is 8.52. The lowest BCUT2D eigenvalue weighted by molar-refractivity contribution is -0.0549. The first-order chi connectivity index (χ1) is 5.84. The quantitative estimate of drug-likeness (QED) is 0.635. The van der Waals surface area contributed by atoms with Crippen molar-refractivity contribution in [2.75, 3.05) is 26.7 Å². The van der Waals surface area contributed by atoms with Gasteiger partial charge in [-0.05, 0) is 25.8 Å². The molecule has 2 rings (SSSR count). The van der Waals surface area contributed by atoms with E-state index < -0.39 is 0 Å². The topological polar surface area (TPSA) is 12.5 Å². The predicted molar refractivity (Wildman–Crippen MR) is 49.2 cm³/mol. The molecule has 0 aromatic carbocycles. The van der Waals surface area contributed by atoms with Crippen LogP contribution in [0.1, 0.15) is 25.7 Å². The van der Waals surface area contributed by atoms with Crippen LogP contribution in [0, 0.1) is 5.92 Å². The van der Waals surface area contributed by atoms with E-state index in [1.165, 1.54) is 25.7 Å². The molecule has 0 bridgehead atoms. The van der Waals surface area contributed by atoms with Gasteiger partial charge in [0, 0.05) is 19.7 Å². The van der Waals surface area contributed by atoms with Crippen LogP contribution in [-0.2, 0) is 4.74 Å². The van der Waals surface area contributed by atoms with Crippen LogP contribution in [0.25, 0.3) is 0 Å². The highest BCUT2D eigenvalue weighted by molar-refractivity contribution is 4.78. The van der Waals surface area contributed by atoms with Crippen LogP contribution in [0.3, 0.4) is 0 Å². The summed E-state index contributed by atoms with van der Waals surface area (Å²) in [6.45, 7) is 3.32. The van der Waals surface area contributed by atoms with Crippen molar-refractivity contribution in [3.63, 3.8) is 0 Å². The van der Waals surface area contributed by atoms with Gasteiger partial charge in [0.25, 0.3) is 0 Å². The molecule has 0 aromatic rings. The highest BCUT2D eigenvalue weighted by Gasteiger charge is 2.25. The molecule has 1 saturated heterocycles. The third-order valence-electron chi connectivity index (χ3n) is 3.07. The Hall–Kier alpha value is -0.0800. The Morgan fingerprint density at radius 2 is 1.92 bits per heavy atom. The van der Waals surface area contributed by atoms with Crippen molar-refractivity contribution in [1.29, 1.82) is 0 Å². The van der Waals surface area contributed by atoms with Gasteiger partial charge in [-0.1, -0.05) is 12.8 Å². The van der Waals surface area contributed by atoms with Gasteiger partial charge in [0.1, 0.15) is 0 Å². The molecule has 1 aliphatic heterocycles. The maximum absolute atomic E-state index is 5.79. The molecule has 2 aliphatic rings. The van der Waals surface area contributed by atoms with Crippen molar-refractivity contribution < 1.29 is 4.74 Å². The Morgan fingerprint density at radius 1 is 1.25 bits per heavy atom. The van der Waals surface area contributed by atoms with E-state index in [4.69, 9.17) is 4.74 Å². The first-order valence-corrected chi connectivity index (χ1v) is 5.15. The smallest absolute Gasteiger partial charge is 0.0828 e. The first-order valence-electron chi connectivity index (χ1n) is 5.15. The second kappa shape index (κ2) is 3.75. The summed E-state index contributed by atoms with van der Waals surface area (Å²) in [5, 5.41) is 0. The Balaban J connectivity index is 1.56. The summed E-state index contributed by atoms with van der Waals surface area (Å²) in [6, 6.07) is 0. The molecule has 0 radical (unpaired) electrons. The molecule has 2 heteroatoms. The standard InChI is InChI=1S/C10H19NO/c1-11-6-10(7-11)12-8-9-4-2-3-5-9/h9-10H,2-8H2,1H3. The van der Waals surface area contributed by atoms with Crippen LogP contribution in [0.2, 0.25) is 0 Å². The Bertz CT molecular complexity index is 137. The number of hydrogen-bond donors (Lipinski definition) is 0. The minimum absolute atomic E-state index is 0.551. The zero-order valence-corrected chi connectivity index (χ0v) is 7.96. The van der Waals surface area contributed by atoms with Crippen LogP contribution in [0.4, 0.5) is 0 Å². The number of nitrogens with zero attached hydrogens (tertiary/aromatic N) is 1. The molecule has 2 fully saturated rings. The largest absolute Gasteiger partial charge is 0.375 e. The fraction of sp³-hybridized carbons (Fsp3) is 1.00. The molecule has 1 saturated carbocycles. The third-order valence-corrected chi connectivity index (χ3v) is 3.07. The van der Waals surface area contributed by atoms with E-state index in [2.05, 4.69) is 11.9 Å².